The van der Waals surface area contributed by atoms with Gasteiger partial charge >= 0.3 is 0 Å². The van der Waals surface area contributed by atoms with Gasteiger partial charge in [-0.15, -0.1) is 4.83 Å². The van der Waals surface area contributed by atoms with E-state index < -0.39 is 22.5 Å². The lowest BCUT2D eigenvalue weighted by atomic mass is 10.4. The molecule has 1 heterocycles. The van der Waals surface area contributed by atoms with Crippen molar-refractivity contribution in [3.05, 3.63) is 48.4 Å². The highest BCUT2D eigenvalue weighted by molar-refractivity contribution is 9.11. The van der Waals surface area contributed by atoms with Gasteiger partial charge in [-0.25, -0.2) is 8.42 Å². The van der Waals surface area contributed by atoms with Crippen molar-refractivity contribution < 1.29 is 17.9 Å². The van der Waals surface area contributed by atoms with Crippen LogP contribution in [0, 0.1) is 0 Å². The third-order valence-corrected chi connectivity index (χ3v) is 6.38. The summed E-state index contributed by atoms with van der Waals surface area (Å²) in [5.41, 5.74) is 2.02. The number of amides is 1. The number of rotatable bonds is 6. The number of nitrogens with one attached hydrogen (secondary N) is 2. The van der Waals surface area contributed by atoms with Crippen molar-refractivity contribution in [3.63, 3.8) is 0 Å². The summed E-state index contributed by atoms with van der Waals surface area (Å²) in [6.45, 7) is -0.563. The van der Waals surface area contributed by atoms with E-state index in [-0.39, 0.29) is 26.0 Å². The Morgan fingerprint density at radius 1 is 1.15 bits per heavy atom. The predicted octanol–water partition coefficient (Wildman–Crippen LogP) is 3.96. The van der Waals surface area contributed by atoms with Gasteiger partial charge in [0.05, 0.1) is 9.92 Å². The predicted molar refractivity (Wildman–Crippen MR) is 105 cm³/mol. The van der Waals surface area contributed by atoms with Gasteiger partial charge in [0.2, 0.25) is 5.88 Å². The van der Waals surface area contributed by atoms with Gasteiger partial charge in [0, 0.05) is 8.95 Å². The van der Waals surface area contributed by atoms with Crippen LogP contribution in [-0.2, 0) is 14.8 Å². The summed E-state index contributed by atoms with van der Waals surface area (Å²) in [4.78, 5) is 17.5. The second-order valence-corrected chi connectivity index (χ2v) is 9.16. The van der Waals surface area contributed by atoms with Crippen molar-refractivity contribution >= 4 is 82.6 Å². The molecule has 0 bridgehead atoms. The molecule has 0 fully saturated rings. The molecule has 0 saturated carbocycles. The fourth-order valence-corrected chi connectivity index (χ4v) is 4.47. The van der Waals surface area contributed by atoms with Crippen LogP contribution in [0.15, 0.2) is 38.1 Å². The van der Waals surface area contributed by atoms with Gasteiger partial charge in [-0.05, 0) is 40.2 Å². The number of aromatic nitrogens is 1. The zero-order valence-corrected chi connectivity index (χ0v) is 18.7. The van der Waals surface area contributed by atoms with Crippen LogP contribution >= 0.6 is 66.7 Å². The number of carbonyl (C=O) groups excluding carboxylic acids is 1. The Bertz CT molecular complexity index is 960. The first-order valence-corrected chi connectivity index (χ1v) is 10.7. The van der Waals surface area contributed by atoms with E-state index in [1.165, 1.54) is 12.1 Å². The first kappa shape index (κ1) is 21.7. The lowest BCUT2D eigenvalue weighted by Gasteiger charge is -2.11. The monoisotopic (exact) mass is 565 g/mol. The normalized spacial score (nSPS) is 11.3. The quantitative estimate of drug-likeness (QED) is 0.407. The smallest absolute Gasteiger partial charge is 0.272 e. The summed E-state index contributed by atoms with van der Waals surface area (Å²) < 4.78 is 30.4. The number of carbonyl (C=O) groups is 1. The molecular weight excluding hydrogens is 560 g/mol. The second-order valence-electron chi connectivity index (χ2n) is 4.57. The third-order valence-electron chi connectivity index (χ3n) is 2.70. The molecule has 0 atom stereocenters. The minimum Gasteiger partial charge on any atom is -0.466 e. The molecule has 0 unspecified atom stereocenters. The molecule has 1 aromatic heterocycles. The van der Waals surface area contributed by atoms with Gasteiger partial charge in [-0.1, -0.05) is 50.7 Å². The number of benzene rings is 1. The van der Waals surface area contributed by atoms with Crippen molar-refractivity contribution in [3.8, 4) is 5.88 Å². The molecule has 2 rings (SSSR count). The Kier molecular flexibility index (Phi) is 7.54. The molecule has 1 aromatic carbocycles. The summed E-state index contributed by atoms with van der Waals surface area (Å²) in [5, 5.41) is 0.123. The molecule has 0 aliphatic rings. The van der Waals surface area contributed by atoms with Crippen molar-refractivity contribution in [2.45, 2.75) is 4.90 Å². The number of hydrogen-bond acceptors (Lipinski definition) is 5. The summed E-state index contributed by atoms with van der Waals surface area (Å²) in [6, 6.07) is 5.87. The average molecular weight is 568 g/mol. The van der Waals surface area contributed by atoms with E-state index in [9.17, 15) is 13.2 Å². The van der Waals surface area contributed by atoms with E-state index in [1.54, 1.807) is 12.1 Å². The number of sulfonamides is 1. The van der Waals surface area contributed by atoms with Gasteiger partial charge in [0.15, 0.2) is 11.8 Å². The Balaban J connectivity index is 1.98. The first-order valence-electron chi connectivity index (χ1n) is 6.50. The molecule has 2 N–H and O–H groups in total. The van der Waals surface area contributed by atoms with Gasteiger partial charge < -0.3 is 4.74 Å². The Morgan fingerprint density at radius 2 is 1.85 bits per heavy atom. The van der Waals surface area contributed by atoms with E-state index in [1.807, 2.05) is 10.3 Å². The summed E-state index contributed by atoms with van der Waals surface area (Å²) >= 11 is 23.6. The minimum atomic E-state index is -4.01. The van der Waals surface area contributed by atoms with E-state index in [0.717, 1.165) is 0 Å². The van der Waals surface area contributed by atoms with Crippen molar-refractivity contribution in [1.29, 1.82) is 0 Å². The number of halogens is 5. The van der Waals surface area contributed by atoms with Gasteiger partial charge in [0.25, 0.3) is 15.9 Å². The molecule has 26 heavy (non-hydrogen) atoms. The standard InChI is InChI=1S/C13H8Br2Cl3N3O4S/c14-6-1-2-7(15)10(3-6)26(23,24)21-20-11(22)5-25-13-9(17)4-8(16)12(18)19-13/h1-4,21H,5H2,(H,20,22). The van der Waals surface area contributed by atoms with Gasteiger partial charge in [-0.2, -0.15) is 4.98 Å². The van der Waals surface area contributed by atoms with Crippen molar-refractivity contribution in [1.82, 2.24) is 15.2 Å². The molecular formula is C13H8Br2Cl3N3O4S. The SMILES string of the molecule is O=C(COc1nc(Cl)c(Cl)cc1Cl)NNS(=O)(=O)c1cc(Br)ccc1Br. The highest BCUT2D eigenvalue weighted by Gasteiger charge is 2.19. The van der Waals surface area contributed by atoms with Crippen LogP contribution in [0.3, 0.4) is 0 Å². The first-order chi connectivity index (χ1) is 12.1. The highest BCUT2D eigenvalue weighted by atomic mass is 79.9. The van der Waals surface area contributed by atoms with Crippen LogP contribution in [0.1, 0.15) is 0 Å². The van der Waals surface area contributed by atoms with Crippen LogP contribution < -0.4 is 15.0 Å². The summed E-state index contributed by atoms with van der Waals surface area (Å²) in [5.74, 6) is -0.905. The molecule has 140 valence electrons. The van der Waals surface area contributed by atoms with Gasteiger partial charge in [0.1, 0.15) is 5.02 Å². The molecule has 2 aromatic rings. The maximum atomic E-state index is 12.2. The topological polar surface area (TPSA) is 97.4 Å². The number of pyridine rings is 1. The number of nitrogens with zero attached hydrogens (tertiary/aromatic N) is 1. The lowest BCUT2D eigenvalue weighted by molar-refractivity contribution is -0.123. The second kappa shape index (κ2) is 9.05. The number of hydrogen-bond donors (Lipinski definition) is 2. The zero-order valence-electron chi connectivity index (χ0n) is 12.4. The number of ether oxygens (including phenoxy) is 1. The van der Waals surface area contributed by atoms with E-state index >= 15 is 0 Å². The van der Waals surface area contributed by atoms with E-state index in [4.69, 9.17) is 39.5 Å². The largest absolute Gasteiger partial charge is 0.466 e. The Morgan fingerprint density at radius 3 is 2.54 bits per heavy atom. The van der Waals surface area contributed by atoms with Crippen molar-refractivity contribution in [2.75, 3.05) is 6.61 Å². The molecule has 0 spiro atoms. The third kappa shape index (κ3) is 5.69. The molecule has 0 aliphatic heterocycles. The molecule has 7 nitrogen and oxygen atoms in total. The Labute approximate surface area is 180 Å². The molecule has 1 amide bonds. The zero-order chi connectivity index (χ0) is 19.5. The van der Waals surface area contributed by atoms with Crippen LogP contribution in [0.25, 0.3) is 0 Å². The fourth-order valence-electron chi connectivity index (χ4n) is 1.56. The van der Waals surface area contributed by atoms with Crippen LogP contribution in [0.4, 0.5) is 0 Å². The maximum absolute atomic E-state index is 12.2. The van der Waals surface area contributed by atoms with Crippen LogP contribution in [-0.4, -0.2) is 25.9 Å². The van der Waals surface area contributed by atoms with Crippen molar-refractivity contribution in [2.24, 2.45) is 0 Å². The molecule has 13 heteroatoms. The Hall–Kier alpha value is -0.620. The maximum Gasteiger partial charge on any atom is 0.272 e. The summed E-state index contributed by atoms with van der Waals surface area (Å²) in [6.07, 6.45) is 0. The lowest BCUT2D eigenvalue weighted by Crippen LogP contribution is -2.43. The minimum absolute atomic E-state index is 0.0471. The molecule has 0 aliphatic carbocycles. The van der Waals surface area contributed by atoms with Crippen LogP contribution in [0.5, 0.6) is 5.88 Å². The fraction of sp³-hybridized carbons (Fsp3) is 0.0769. The molecule has 0 radical (unpaired) electrons. The molecule has 0 saturated heterocycles. The number of hydrazine groups is 1. The highest BCUT2D eigenvalue weighted by Crippen LogP contribution is 2.30. The van der Waals surface area contributed by atoms with E-state index in [2.05, 4.69) is 36.8 Å². The van der Waals surface area contributed by atoms with E-state index in [0.29, 0.717) is 8.95 Å². The van der Waals surface area contributed by atoms with Gasteiger partial charge in [-0.3, -0.25) is 10.2 Å². The van der Waals surface area contributed by atoms with Crippen LogP contribution in [0.2, 0.25) is 15.2 Å². The summed E-state index contributed by atoms with van der Waals surface area (Å²) in [7, 11) is -4.01. The average Bonchev–Trinajstić information content (AvgIpc) is 2.57.